The van der Waals surface area contributed by atoms with Crippen LogP contribution in [0.2, 0.25) is 0 Å². The van der Waals surface area contributed by atoms with Crippen molar-refractivity contribution in [2.45, 2.75) is 52.9 Å². The van der Waals surface area contributed by atoms with Gasteiger partial charge in [-0.1, -0.05) is 37.6 Å². The van der Waals surface area contributed by atoms with Crippen LogP contribution in [-0.2, 0) is 11.2 Å². The second-order valence-electron chi connectivity index (χ2n) is 6.57. The van der Waals surface area contributed by atoms with Crippen LogP contribution in [0.15, 0.2) is 42.5 Å². The zero-order valence-corrected chi connectivity index (χ0v) is 15.4. The molecule has 0 saturated heterocycles. The first kappa shape index (κ1) is 18.9. The van der Waals surface area contributed by atoms with Crippen LogP contribution in [0.4, 0.5) is 5.69 Å². The van der Waals surface area contributed by atoms with Crippen molar-refractivity contribution in [3.05, 3.63) is 64.7 Å². The normalized spacial score (nSPS) is 10.5. The molecule has 0 aliphatic carbocycles. The van der Waals surface area contributed by atoms with Gasteiger partial charge in [0.2, 0.25) is 5.91 Å². The predicted octanol–water partition coefficient (Wildman–Crippen LogP) is 5.25. The fraction of sp³-hybridized carbons (Fsp3) is 0.364. The average molecular weight is 337 g/mol. The highest BCUT2D eigenvalue weighted by molar-refractivity contribution is 6.00. The van der Waals surface area contributed by atoms with Crippen molar-refractivity contribution in [2.75, 3.05) is 5.32 Å². The summed E-state index contributed by atoms with van der Waals surface area (Å²) in [6.45, 7) is 6.18. The smallest absolute Gasteiger partial charge is 0.224 e. The minimum atomic E-state index is -0.126. The Bertz CT molecular complexity index is 732. The molecule has 0 aliphatic heterocycles. The lowest BCUT2D eigenvalue weighted by Crippen LogP contribution is -2.13. The Balaban J connectivity index is 1.83. The number of Topliss-reactive ketones (excluding diaryl/α,β-unsaturated/α-hetero) is 1. The molecule has 0 fully saturated rings. The molecule has 25 heavy (non-hydrogen) atoms. The zero-order chi connectivity index (χ0) is 18.2. The number of rotatable bonds is 8. The summed E-state index contributed by atoms with van der Waals surface area (Å²) in [6, 6.07) is 13.6. The minimum absolute atomic E-state index is 0.00756. The van der Waals surface area contributed by atoms with Crippen molar-refractivity contribution >= 4 is 17.4 Å². The van der Waals surface area contributed by atoms with Crippen LogP contribution in [0.3, 0.4) is 0 Å². The predicted molar refractivity (Wildman–Crippen MR) is 103 cm³/mol. The maximum atomic E-state index is 12.2. The average Bonchev–Trinajstić information content (AvgIpc) is 2.61. The van der Waals surface area contributed by atoms with E-state index in [1.165, 1.54) is 18.4 Å². The number of carbonyl (C=O) groups excluding carboxylic acids is 2. The van der Waals surface area contributed by atoms with Crippen molar-refractivity contribution in [1.29, 1.82) is 0 Å². The quantitative estimate of drug-likeness (QED) is 0.669. The van der Waals surface area contributed by atoms with E-state index in [9.17, 15) is 9.59 Å². The standard InChI is InChI=1S/C22H27NO2/c1-4-5-6-18-8-11-20(12-9-18)23-22(25)14-13-21(24)19-10-7-16(2)17(3)15-19/h7-12,15H,4-6,13-14H2,1-3H3,(H,23,25). The maximum Gasteiger partial charge on any atom is 0.224 e. The zero-order valence-electron chi connectivity index (χ0n) is 15.4. The van der Waals surface area contributed by atoms with E-state index in [2.05, 4.69) is 12.2 Å². The summed E-state index contributed by atoms with van der Waals surface area (Å²) in [7, 11) is 0. The molecule has 0 atom stereocenters. The van der Waals surface area contributed by atoms with Crippen molar-refractivity contribution in [2.24, 2.45) is 0 Å². The number of anilines is 1. The number of ketones is 1. The SMILES string of the molecule is CCCCc1ccc(NC(=O)CCC(=O)c2ccc(C)c(C)c2)cc1. The van der Waals surface area contributed by atoms with Gasteiger partial charge in [0, 0.05) is 24.1 Å². The molecule has 0 aliphatic rings. The number of aryl methyl sites for hydroxylation is 3. The van der Waals surface area contributed by atoms with Gasteiger partial charge < -0.3 is 5.32 Å². The van der Waals surface area contributed by atoms with Gasteiger partial charge in [0.25, 0.3) is 0 Å². The van der Waals surface area contributed by atoms with Crippen LogP contribution in [-0.4, -0.2) is 11.7 Å². The van der Waals surface area contributed by atoms with Crippen LogP contribution in [0.1, 0.15) is 59.7 Å². The fourth-order valence-corrected chi connectivity index (χ4v) is 2.65. The van der Waals surface area contributed by atoms with Gasteiger partial charge in [0.1, 0.15) is 0 Å². The fourth-order valence-electron chi connectivity index (χ4n) is 2.65. The van der Waals surface area contributed by atoms with Crippen LogP contribution < -0.4 is 5.32 Å². The summed E-state index contributed by atoms with van der Waals surface area (Å²) >= 11 is 0. The lowest BCUT2D eigenvalue weighted by Gasteiger charge is -2.07. The molecule has 0 radical (unpaired) electrons. The van der Waals surface area contributed by atoms with Crippen LogP contribution in [0.5, 0.6) is 0 Å². The molecular formula is C22H27NO2. The van der Waals surface area contributed by atoms with Crippen LogP contribution in [0.25, 0.3) is 0 Å². The number of carbonyl (C=O) groups is 2. The molecule has 2 rings (SSSR count). The molecule has 3 heteroatoms. The molecule has 2 aromatic carbocycles. The van der Waals surface area contributed by atoms with E-state index in [4.69, 9.17) is 0 Å². The first-order chi connectivity index (χ1) is 12.0. The monoisotopic (exact) mass is 337 g/mol. The largest absolute Gasteiger partial charge is 0.326 e. The van der Waals surface area contributed by atoms with Gasteiger partial charge in [-0.25, -0.2) is 0 Å². The minimum Gasteiger partial charge on any atom is -0.326 e. The summed E-state index contributed by atoms with van der Waals surface area (Å²) < 4.78 is 0. The summed E-state index contributed by atoms with van der Waals surface area (Å²) in [5.74, 6) is -0.119. The van der Waals surface area contributed by atoms with Crippen LogP contribution >= 0.6 is 0 Å². The van der Waals surface area contributed by atoms with E-state index < -0.39 is 0 Å². The van der Waals surface area contributed by atoms with Gasteiger partial charge in [-0.05, 0) is 61.6 Å². The molecule has 3 nitrogen and oxygen atoms in total. The summed E-state index contributed by atoms with van der Waals surface area (Å²) in [4.78, 5) is 24.3. The van der Waals surface area contributed by atoms with E-state index in [0.29, 0.717) is 5.56 Å². The highest BCUT2D eigenvalue weighted by atomic mass is 16.2. The third kappa shape index (κ3) is 5.86. The highest BCUT2D eigenvalue weighted by Crippen LogP contribution is 2.14. The van der Waals surface area contributed by atoms with E-state index in [0.717, 1.165) is 23.2 Å². The number of hydrogen-bond acceptors (Lipinski definition) is 2. The molecule has 0 bridgehead atoms. The number of nitrogens with one attached hydrogen (secondary N) is 1. The molecule has 0 heterocycles. The van der Waals surface area contributed by atoms with Crippen molar-refractivity contribution in [3.63, 3.8) is 0 Å². The van der Waals surface area contributed by atoms with E-state index in [1.54, 1.807) is 0 Å². The number of unbranched alkanes of at least 4 members (excludes halogenated alkanes) is 1. The van der Waals surface area contributed by atoms with Gasteiger partial charge in [0.15, 0.2) is 5.78 Å². The van der Waals surface area contributed by atoms with E-state index in [-0.39, 0.29) is 24.5 Å². The Kier molecular flexibility index (Phi) is 6.93. The molecule has 0 aromatic heterocycles. The molecule has 1 N–H and O–H groups in total. The summed E-state index contributed by atoms with van der Waals surface area (Å²) in [5, 5.41) is 2.86. The van der Waals surface area contributed by atoms with Crippen LogP contribution in [0, 0.1) is 13.8 Å². The van der Waals surface area contributed by atoms with Gasteiger partial charge in [-0.3, -0.25) is 9.59 Å². The Morgan fingerprint density at radius 2 is 1.64 bits per heavy atom. The molecule has 0 unspecified atom stereocenters. The maximum absolute atomic E-state index is 12.2. The molecule has 132 valence electrons. The second-order valence-corrected chi connectivity index (χ2v) is 6.57. The topological polar surface area (TPSA) is 46.2 Å². The Morgan fingerprint density at radius 3 is 2.28 bits per heavy atom. The van der Waals surface area contributed by atoms with Crippen molar-refractivity contribution in [3.8, 4) is 0 Å². The molecular weight excluding hydrogens is 310 g/mol. The Labute approximate surface area is 150 Å². The first-order valence-electron chi connectivity index (χ1n) is 8.99. The van der Waals surface area contributed by atoms with Crippen molar-refractivity contribution < 1.29 is 9.59 Å². The van der Waals surface area contributed by atoms with Gasteiger partial charge in [-0.2, -0.15) is 0 Å². The third-order valence-corrected chi connectivity index (χ3v) is 4.46. The molecule has 2 aromatic rings. The lowest BCUT2D eigenvalue weighted by molar-refractivity contribution is -0.116. The highest BCUT2D eigenvalue weighted by Gasteiger charge is 2.10. The Hall–Kier alpha value is -2.42. The number of hydrogen-bond donors (Lipinski definition) is 1. The first-order valence-corrected chi connectivity index (χ1v) is 8.99. The van der Waals surface area contributed by atoms with Gasteiger partial charge in [-0.15, -0.1) is 0 Å². The molecule has 0 saturated carbocycles. The molecule has 1 amide bonds. The van der Waals surface area contributed by atoms with E-state index in [1.807, 2.05) is 56.3 Å². The molecule has 0 spiro atoms. The van der Waals surface area contributed by atoms with Gasteiger partial charge >= 0.3 is 0 Å². The number of amides is 1. The van der Waals surface area contributed by atoms with Gasteiger partial charge in [0.05, 0.1) is 0 Å². The second kappa shape index (κ2) is 9.16. The summed E-state index contributed by atoms with van der Waals surface area (Å²) in [5.41, 5.74) is 5.00. The number of benzene rings is 2. The lowest BCUT2D eigenvalue weighted by atomic mass is 10.0. The summed E-state index contributed by atoms with van der Waals surface area (Å²) in [6.07, 6.45) is 3.83. The van der Waals surface area contributed by atoms with Crippen molar-refractivity contribution in [1.82, 2.24) is 0 Å². The Morgan fingerprint density at radius 1 is 0.920 bits per heavy atom. The van der Waals surface area contributed by atoms with E-state index >= 15 is 0 Å². The third-order valence-electron chi connectivity index (χ3n) is 4.46.